The van der Waals surface area contributed by atoms with E-state index in [0.717, 1.165) is 18.0 Å². The lowest BCUT2D eigenvalue weighted by Gasteiger charge is -2.29. The van der Waals surface area contributed by atoms with E-state index in [2.05, 4.69) is 35.6 Å². The van der Waals surface area contributed by atoms with Crippen LogP contribution in [0.2, 0.25) is 0 Å². The molecule has 0 bridgehead atoms. The van der Waals surface area contributed by atoms with Crippen molar-refractivity contribution in [2.75, 3.05) is 12.4 Å². The molecular weight excluding hydrogens is 286 g/mol. The van der Waals surface area contributed by atoms with Gasteiger partial charge in [-0.1, -0.05) is 11.8 Å². The molecule has 1 atom stereocenters. The SMILES string of the molecule is CC(CO)(NC(=O)CSc1nccn1C(C)(C)C)C1CC1. The van der Waals surface area contributed by atoms with Crippen molar-refractivity contribution in [3.05, 3.63) is 12.4 Å². The monoisotopic (exact) mass is 311 g/mol. The second kappa shape index (κ2) is 6.01. The molecule has 1 aliphatic carbocycles. The van der Waals surface area contributed by atoms with Gasteiger partial charge < -0.3 is 15.0 Å². The number of rotatable bonds is 6. The van der Waals surface area contributed by atoms with E-state index < -0.39 is 5.54 Å². The van der Waals surface area contributed by atoms with E-state index in [1.807, 2.05) is 13.1 Å². The van der Waals surface area contributed by atoms with Gasteiger partial charge in [-0.15, -0.1) is 0 Å². The highest BCUT2D eigenvalue weighted by Crippen LogP contribution is 2.39. The van der Waals surface area contributed by atoms with E-state index in [0.29, 0.717) is 11.7 Å². The van der Waals surface area contributed by atoms with Crippen LogP contribution in [0.4, 0.5) is 0 Å². The molecule has 1 heterocycles. The van der Waals surface area contributed by atoms with E-state index in [1.54, 1.807) is 6.20 Å². The number of aliphatic hydroxyl groups excluding tert-OH is 1. The number of amides is 1. The van der Waals surface area contributed by atoms with Crippen molar-refractivity contribution in [1.82, 2.24) is 14.9 Å². The van der Waals surface area contributed by atoms with Crippen molar-refractivity contribution < 1.29 is 9.90 Å². The van der Waals surface area contributed by atoms with Crippen LogP contribution in [0.25, 0.3) is 0 Å². The maximum atomic E-state index is 12.1. The Morgan fingerprint density at radius 3 is 2.67 bits per heavy atom. The molecule has 1 aliphatic rings. The molecule has 1 fully saturated rings. The molecule has 2 N–H and O–H groups in total. The Morgan fingerprint density at radius 1 is 1.48 bits per heavy atom. The minimum absolute atomic E-state index is 0.00923. The van der Waals surface area contributed by atoms with E-state index >= 15 is 0 Å². The van der Waals surface area contributed by atoms with Gasteiger partial charge in [0.15, 0.2) is 5.16 Å². The van der Waals surface area contributed by atoms with Crippen LogP contribution in [0.15, 0.2) is 17.6 Å². The summed E-state index contributed by atoms with van der Waals surface area (Å²) in [5, 5.41) is 13.3. The molecular formula is C15H25N3O2S. The van der Waals surface area contributed by atoms with Gasteiger partial charge >= 0.3 is 0 Å². The Morgan fingerprint density at radius 2 is 2.14 bits per heavy atom. The van der Waals surface area contributed by atoms with Crippen molar-refractivity contribution in [2.24, 2.45) is 5.92 Å². The first kappa shape index (κ1) is 16.4. The van der Waals surface area contributed by atoms with Gasteiger partial charge in [-0.25, -0.2) is 4.98 Å². The highest BCUT2D eigenvalue weighted by Gasteiger charge is 2.42. The lowest BCUT2D eigenvalue weighted by Crippen LogP contribution is -2.51. The number of hydrogen-bond donors (Lipinski definition) is 2. The van der Waals surface area contributed by atoms with Gasteiger partial charge in [-0.2, -0.15) is 0 Å². The van der Waals surface area contributed by atoms with Crippen molar-refractivity contribution in [2.45, 2.75) is 56.8 Å². The van der Waals surface area contributed by atoms with Crippen molar-refractivity contribution in [1.29, 1.82) is 0 Å². The smallest absolute Gasteiger partial charge is 0.230 e. The van der Waals surface area contributed by atoms with Gasteiger partial charge in [0.2, 0.25) is 5.91 Å². The number of carbonyl (C=O) groups is 1. The van der Waals surface area contributed by atoms with Crippen LogP contribution in [0, 0.1) is 5.92 Å². The van der Waals surface area contributed by atoms with Crippen LogP contribution >= 0.6 is 11.8 Å². The van der Waals surface area contributed by atoms with Crippen LogP contribution in [-0.2, 0) is 10.3 Å². The standard InChI is InChI=1S/C15H25N3O2S/c1-14(2,3)18-8-7-16-13(18)21-9-12(20)17-15(4,10-19)11-5-6-11/h7-8,11,19H,5-6,9-10H2,1-4H3,(H,17,20). The molecule has 0 radical (unpaired) electrons. The summed E-state index contributed by atoms with van der Waals surface area (Å²) in [5.41, 5.74) is -0.528. The van der Waals surface area contributed by atoms with E-state index in [-0.39, 0.29) is 18.1 Å². The van der Waals surface area contributed by atoms with E-state index in [4.69, 9.17) is 0 Å². The number of imidazole rings is 1. The molecule has 1 unspecified atom stereocenters. The normalized spacial score (nSPS) is 18.3. The fraction of sp³-hybridized carbons (Fsp3) is 0.733. The second-order valence-electron chi connectivity index (χ2n) is 6.94. The molecule has 2 rings (SSSR count). The van der Waals surface area contributed by atoms with Gasteiger partial charge in [0.1, 0.15) is 0 Å². The summed E-state index contributed by atoms with van der Waals surface area (Å²) in [4.78, 5) is 16.4. The maximum absolute atomic E-state index is 12.1. The van der Waals surface area contributed by atoms with Crippen LogP contribution < -0.4 is 5.32 Å². The van der Waals surface area contributed by atoms with Gasteiger partial charge in [0.25, 0.3) is 0 Å². The van der Waals surface area contributed by atoms with Gasteiger partial charge in [0, 0.05) is 17.9 Å². The zero-order chi connectivity index (χ0) is 15.7. The summed E-state index contributed by atoms with van der Waals surface area (Å²) in [7, 11) is 0. The number of carbonyl (C=O) groups excluding carboxylic acids is 1. The molecule has 1 amide bonds. The summed E-state index contributed by atoms with van der Waals surface area (Å²) in [5.74, 6) is 0.676. The largest absolute Gasteiger partial charge is 0.394 e. The summed E-state index contributed by atoms with van der Waals surface area (Å²) in [6.07, 6.45) is 5.85. The Balaban J connectivity index is 1.91. The number of thioether (sulfide) groups is 1. The molecule has 0 saturated heterocycles. The molecule has 0 spiro atoms. The number of aromatic nitrogens is 2. The van der Waals surface area contributed by atoms with Crippen molar-refractivity contribution in [3.63, 3.8) is 0 Å². The molecule has 6 heteroatoms. The van der Waals surface area contributed by atoms with Crippen LogP contribution in [0.5, 0.6) is 0 Å². The molecule has 0 aromatic carbocycles. The Labute approximate surface area is 130 Å². The minimum Gasteiger partial charge on any atom is -0.394 e. The molecule has 1 saturated carbocycles. The van der Waals surface area contributed by atoms with E-state index in [1.165, 1.54) is 11.8 Å². The van der Waals surface area contributed by atoms with Crippen molar-refractivity contribution in [3.8, 4) is 0 Å². The lowest BCUT2D eigenvalue weighted by molar-refractivity contribution is -0.121. The predicted molar refractivity (Wildman–Crippen MR) is 84.3 cm³/mol. The van der Waals surface area contributed by atoms with Crippen LogP contribution in [0.1, 0.15) is 40.5 Å². The zero-order valence-corrected chi connectivity index (χ0v) is 14.0. The fourth-order valence-electron chi connectivity index (χ4n) is 2.38. The first-order valence-corrected chi connectivity index (χ1v) is 8.33. The first-order chi connectivity index (χ1) is 9.76. The fourth-order valence-corrected chi connectivity index (χ4v) is 3.32. The van der Waals surface area contributed by atoms with Gasteiger partial charge in [-0.05, 0) is 46.5 Å². The van der Waals surface area contributed by atoms with E-state index in [9.17, 15) is 9.90 Å². The highest BCUT2D eigenvalue weighted by molar-refractivity contribution is 7.99. The highest BCUT2D eigenvalue weighted by atomic mass is 32.2. The molecule has 0 aliphatic heterocycles. The quantitative estimate of drug-likeness (QED) is 0.789. The Kier molecular flexibility index (Phi) is 4.68. The minimum atomic E-state index is -0.475. The topological polar surface area (TPSA) is 67.2 Å². The van der Waals surface area contributed by atoms with Crippen LogP contribution in [0.3, 0.4) is 0 Å². The zero-order valence-electron chi connectivity index (χ0n) is 13.2. The molecule has 21 heavy (non-hydrogen) atoms. The maximum Gasteiger partial charge on any atom is 0.230 e. The molecule has 118 valence electrons. The third-order valence-corrected chi connectivity index (χ3v) is 4.86. The Bertz CT molecular complexity index is 505. The number of nitrogens with one attached hydrogen (secondary N) is 1. The summed E-state index contributed by atoms with van der Waals surface area (Å²) >= 11 is 1.43. The number of aliphatic hydroxyl groups is 1. The average molecular weight is 311 g/mol. The summed E-state index contributed by atoms with van der Waals surface area (Å²) in [6.45, 7) is 8.23. The lowest BCUT2D eigenvalue weighted by atomic mass is 9.97. The summed E-state index contributed by atoms with van der Waals surface area (Å²) < 4.78 is 2.07. The van der Waals surface area contributed by atoms with Gasteiger partial charge in [-0.3, -0.25) is 4.79 Å². The first-order valence-electron chi connectivity index (χ1n) is 7.35. The van der Waals surface area contributed by atoms with Gasteiger partial charge in [0.05, 0.1) is 17.9 Å². The Hall–Kier alpha value is -1.01. The van der Waals surface area contributed by atoms with Crippen molar-refractivity contribution >= 4 is 17.7 Å². The molecule has 1 aromatic heterocycles. The van der Waals surface area contributed by atoms with Crippen LogP contribution in [-0.4, -0.2) is 38.5 Å². The third-order valence-electron chi connectivity index (χ3n) is 3.89. The molecule has 5 nitrogen and oxygen atoms in total. The third kappa shape index (κ3) is 4.01. The summed E-state index contributed by atoms with van der Waals surface area (Å²) in [6, 6.07) is 0. The predicted octanol–water partition coefficient (Wildman–Crippen LogP) is 2.01. The number of nitrogens with zero attached hydrogens (tertiary/aromatic N) is 2. The average Bonchev–Trinajstić information content (AvgIpc) is 3.14. The second-order valence-corrected chi connectivity index (χ2v) is 7.88. The molecule has 1 aromatic rings. The number of hydrogen-bond acceptors (Lipinski definition) is 4.